The second-order valence-corrected chi connectivity index (χ2v) is 4.55. The standard InChI is InChI=1S/C14H14ClNO/c1-9-3-4-11(7-10(9)2)14(17)12-5-6-16-13(15)8-12/h3-8,14,17H,1-2H3. The molecule has 0 saturated carbocycles. The van der Waals surface area contributed by atoms with Gasteiger partial charge in [-0.3, -0.25) is 0 Å². The van der Waals surface area contributed by atoms with Crippen LogP contribution in [0, 0.1) is 13.8 Å². The molecule has 88 valence electrons. The maximum absolute atomic E-state index is 10.2. The lowest BCUT2D eigenvalue weighted by molar-refractivity contribution is 0.220. The van der Waals surface area contributed by atoms with Crippen LogP contribution in [-0.4, -0.2) is 10.1 Å². The van der Waals surface area contributed by atoms with Gasteiger partial charge in [0.1, 0.15) is 11.3 Å². The Morgan fingerprint density at radius 2 is 1.76 bits per heavy atom. The number of hydrogen-bond acceptors (Lipinski definition) is 2. The van der Waals surface area contributed by atoms with E-state index in [2.05, 4.69) is 11.9 Å². The van der Waals surface area contributed by atoms with Gasteiger partial charge in [-0.15, -0.1) is 0 Å². The fourth-order valence-electron chi connectivity index (χ4n) is 1.71. The first-order valence-corrected chi connectivity index (χ1v) is 5.82. The second kappa shape index (κ2) is 4.86. The van der Waals surface area contributed by atoms with Crippen molar-refractivity contribution in [3.63, 3.8) is 0 Å². The van der Waals surface area contributed by atoms with Gasteiger partial charge in [-0.1, -0.05) is 29.8 Å². The van der Waals surface area contributed by atoms with Crippen molar-refractivity contribution in [2.45, 2.75) is 20.0 Å². The van der Waals surface area contributed by atoms with Crippen LogP contribution in [0.25, 0.3) is 0 Å². The van der Waals surface area contributed by atoms with Crippen molar-refractivity contribution in [1.29, 1.82) is 0 Å². The van der Waals surface area contributed by atoms with E-state index in [-0.39, 0.29) is 0 Å². The molecule has 1 aromatic carbocycles. The molecule has 0 aliphatic heterocycles. The van der Waals surface area contributed by atoms with Gasteiger partial charge in [0.2, 0.25) is 0 Å². The van der Waals surface area contributed by atoms with Crippen molar-refractivity contribution in [2.75, 3.05) is 0 Å². The number of benzene rings is 1. The molecule has 0 bridgehead atoms. The third-order valence-corrected chi connectivity index (χ3v) is 3.12. The van der Waals surface area contributed by atoms with Gasteiger partial charge in [-0.25, -0.2) is 4.98 Å². The highest BCUT2D eigenvalue weighted by Gasteiger charge is 2.11. The van der Waals surface area contributed by atoms with Gasteiger partial charge in [0.05, 0.1) is 0 Å². The van der Waals surface area contributed by atoms with Crippen LogP contribution >= 0.6 is 11.6 Å². The third kappa shape index (κ3) is 2.65. The van der Waals surface area contributed by atoms with Crippen molar-refractivity contribution in [2.24, 2.45) is 0 Å². The SMILES string of the molecule is Cc1ccc(C(O)c2ccnc(Cl)c2)cc1C. The van der Waals surface area contributed by atoms with Crippen molar-refractivity contribution in [3.05, 3.63) is 63.9 Å². The maximum Gasteiger partial charge on any atom is 0.129 e. The van der Waals surface area contributed by atoms with E-state index in [0.717, 1.165) is 11.1 Å². The average Bonchev–Trinajstić information content (AvgIpc) is 2.32. The Balaban J connectivity index is 2.36. The molecule has 1 atom stereocenters. The fraction of sp³-hybridized carbons (Fsp3) is 0.214. The zero-order valence-electron chi connectivity index (χ0n) is 9.81. The first-order valence-electron chi connectivity index (χ1n) is 5.44. The first-order chi connectivity index (χ1) is 8.08. The highest BCUT2D eigenvalue weighted by atomic mass is 35.5. The summed E-state index contributed by atoms with van der Waals surface area (Å²) < 4.78 is 0. The summed E-state index contributed by atoms with van der Waals surface area (Å²) in [5.74, 6) is 0. The Morgan fingerprint density at radius 1 is 1.06 bits per heavy atom. The number of aliphatic hydroxyl groups is 1. The number of nitrogens with zero attached hydrogens (tertiary/aromatic N) is 1. The maximum atomic E-state index is 10.2. The summed E-state index contributed by atoms with van der Waals surface area (Å²) in [6.07, 6.45) is 0.942. The number of aliphatic hydroxyl groups excluding tert-OH is 1. The number of halogens is 1. The van der Waals surface area contributed by atoms with Gasteiger partial charge >= 0.3 is 0 Å². The number of aromatic nitrogens is 1. The lowest BCUT2D eigenvalue weighted by Gasteiger charge is -2.13. The number of rotatable bonds is 2. The summed E-state index contributed by atoms with van der Waals surface area (Å²) in [4.78, 5) is 3.90. The molecule has 17 heavy (non-hydrogen) atoms. The summed E-state index contributed by atoms with van der Waals surface area (Å²) in [5, 5.41) is 10.6. The molecule has 2 nitrogen and oxygen atoms in total. The summed E-state index contributed by atoms with van der Waals surface area (Å²) in [5.41, 5.74) is 4.01. The minimum Gasteiger partial charge on any atom is -0.384 e. The summed E-state index contributed by atoms with van der Waals surface area (Å²) >= 11 is 5.81. The van der Waals surface area contributed by atoms with E-state index in [4.69, 9.17) is 11.6 Å². The van der Waals surface area contributed by atoms with E-state index in [9.17, 15) is 5.11 Å². The smallest absolute Gasteiger partial charge is 0.129 e. The number of aryl methyl sites for hydroxylation is 2. The molecular weight excluding hydrogens is 234 g/mol. The minimum atomic E-state index is -0.658. The molecule has 1 heterocycles. The minimum absolute atomic E-state index is 0.394. The quantitative estimate of drug-likeness (QED) is 0.825. The molecule has 3 heteroatoms. The van der Waals surface area contributed by atoms with E-state index in [1.54, 1.807) is 18.3 Å². The zero-order chi connectivity index (χ0) is 12.4. The van der Waals surface area contributed by atoms with E-state index in [1.165, 1.54) is 11.1 Å². The molecule has 0 saturated heterocycles. The Morgan fingerprint density at radius 3 is 2.41 bits per heavy atom. The molecule has 0 aliphatic rings. The highest BCUT2D eigenvalue weighted by molar-refractivity contribution is 6.29. The molecule has 1 unspecified atom stereocenters. The normalized spacial score (nSPS) is 12.5. The topological polar surface area (TPSA) is 33.1 Å². The fourth-order valence-corrected chi connectivity index (χ4v) is 1.90. The summed E-state index contributed by atoms with van der Waals surface area (Å²) in [6.45, 7) is 4.08. The van der Waals surface area contributed by atoms with Crippen molar-refractivity contribution < 1.29 is 5.11 Å². The highest BCUT2D eigenvalue weighted by Crippen LogP contribution is 2.24. The summed E-state index contributed by atoms with van der Waals surface area (Å²) in [7, 11) is 0. The Labute approximate surface area is 106 Å². The lowest BCUT2D eigenvalue weighted by Crippen LogP contribution is -2.00. The van der Waals surface area contributed by atoms with E-state index < -0.39 is 6.10 Å². The van der Waals surface area contributed by atoms with Gasteiger partial charge < -0.3 is 5.11 Å². The van der Waals surface area contributed by atoms with E-state index in [1.807, 2.05) is 25.1 Å². The third-order valence-electron chi connectivity index (χ3n) is 2.91. The van der Waals surface area contributed by atoms with Crippen LogP contribution < -0.4 is 0 Å². The van der Waals surface area contributed by atoms with Crippen LogP contribution in [0.5, 0.6) is 0 Å². The Hall–Kier alpha value is -1.38. The monoisotopic (exact) mass is 247 g/mol. The first kappa shape index (κ1) is 12.1. The van der Waals surface area contributed by atoms with Gasteiger partial charge in [-0.05, 0) is 48.2 Å². The molecule has 0 radical (unpaired) electrons. The van der Waals surface area contributed by atoms with Gasteiger partial charge in [0.15, 0.2) is 0 Å². The van der Waals surface area contributed by atoms with Gasteiger partial charge in [0.25, 0.3) is 0 Å². The van der Waals surface area contributed by atoms with Crippen molar-refractivity contribution in [3.8, 4) is 0 Å². The molecule has 0 amide bonds. The largest absolute Gasteiger partial charge is 0.384 e. The average molecular weight is 248 g/mol. The Kier molecular flexibility index (Phi) is 3.46. The van der Waals surface area contributed by atoms with Gasteiger partial charge in [-0.2, -0.15) is 0 Å². The van der Waals surface area contributed by atoms with E-state index in [0.29, 0.717) is 5.15 Å². The molecule has 2 rings (SSSR count). The molecule has 0 aliphatic carbocycles. The predicted molar refractivity (Wildman–Crippen MR) is 69.2 cm³/mol. The van der Waals surface area contributed by atoms with Crippen LogP contribution in [0.3, 0.4) is 0 Å². The van der Waals surface area contributed by atoms with Crippen LogP contribution in [0.15, 0.2) is 36.5 Å². The second-order valence-electron chi connectivity index (χ2n) is 4.16. The molecule has 1 N–H and O–H groups in total. The number of hydrogen-bond donors (Lipinski definition) is 1. The molecular formula is C14H14ClNO. The molecule has 0 fully saturated rings. The van der Waals surface area contributed by atoms with E-state index >= 15 is 0 Å². The summed E-state index contributed by atoms with van der Waals surface area (Å²) in [6, 6.07) is 9.39. The van der Waals surface area contributed by atoms with Crippen LogP contribution in [0.2, 0.25) is 5.15 Å². The predicted octanol–water partition coefficient (Wildman–Crippen LogP) is 3.43. The molecule has 0 spiro atoms. The lowest BCUT2D eigenvalue weighted by atomic mass is 9.99. The molecule has 1 aromatic heterocycles. The molecule has 2 aromatic rings. The van der Waals surface area contributed by atoms with Crippen LogP contribution in [0.4, 0.5) is 0 Å². The van der Waals surface area contributed by atoms with Crippen LogP contribution in [0.1, 0.15) is 28.4 Å². The van der Waals surface area contributed by atoms with Crippen molar-refractivity contribution >= 4 is 11.6 Å². The Bertz CT molecular complexity index is 539. The van der Waals surface area contributed by atoms with Crippen LogP contribution in [-0.2, 0) is 0 Å². The van der Waals surface area contributed by atoms with Gasteiger partial charge in [0, 0.05) is 6.20 Å². The van der Waals surface area contributed by atoms with Crippen molar-refractivity contribution in [1.82, 2.24) is 4.98 Å². The zero-order valence-corrected chi connectivity index (χ0v) is 10.6. The number of pyridine rings is 1.